The second kappa shape index (κ2) is 4.84. The molecule has 0 spiro atoms. The van der Waals surface area contributed by atoms with Gasteiger partial charge in [-0.25, -0.2) is 0 Å². The molecule has 0 aliphatic rings. The Kier molecular flexibility index (Phi) is 3.20. The van der Waals surface area contributed by atoms with Crippen molar-refractivity contribution in [1.29, 1.82) is 0 Å². The fourth-order valence-electron chi connectivity index (χ4n) is 1.98. The Labute approximate surface area is 117 Å². The third kappa shape index (κ3) is 1.98. The fourth-order valence-corrected chi connectivity index (χ4v) is 3.20. The van der Waals surface area contributed by atoms with Crippen LogP contribution in [0.2, 0.25) is 0 Å². The predicted molar refractivity (Wildman–Crippen MR) is 76.9 cm³/mol. The lowest BCUT2D eigenvalue weighted by Crippen LogP contribution is -2.17. The van der Waals surface area contributed by atoms with Gasteiger partial charge in [-0.2, -0.15) is 0 Å². The highest BCUT2D eigenvalue weighted by molar-refractivity contribution is 9.10. The summed E-state index contributed by atoms with van der Waals surface area (Å²) >= 11 is 5.19. The summed E-state index contributed by atoms with van der Waals surface area (Å²) in [5.41, 5.74) is 2.14. The Hall–Kier alpha value is -1.17. The molecule has 0 saturated carbocycles. The molecule has 1 unspecified atom stereocenters. The molecule has 5 heteroatoms. The van der Waals surface area contributed by atoms with E-state index in [1.54, 1.807) is 17.6 Å². The van der Waals surface area contributed by atoms with Crippen LogP contribution in [-0.2, 0) is 0 Å². The molecule has 0 radical (unpaired) electrons. The van der Waals surface area contributed by atoms with E-state index in [0.29, 0.717) is 0 Å². The molecule has 0 aliphatic carbocycles. The zero-order valence-corrected chi connectivity index (χ0v) is 12.1. The number of fused-ring (bicyclic) bond motifs is 1. The molecule has 3 rings (SSSR count). The van der Waals surface area contributed by atoms with E-state index in [1.165, 1.54) is 4.70 Å². The van der Waals surface area contributed by atoms with E-state index in [4.69, 9.17) is 4.42 Å². The second-order valence-electron chi connectivity index (χ2n) is 3.93. The van der Waals surface area contributed by atoms with Gasteiger partial charge in [0.25, 0.3) is 0 Å². The Bertz CT molecular complexity index is 676. The molecule has 3 nitrogen and oxygen atoms in total. The highest BCUT2D eigenvalue weighted by Crippen LogP contribution is 2.31. The van der Waals surface area contributed by atoms with Crippen LogP contribution in [0.25, 0.3) is 10.2 Å². The molecular formula is C13H11BrN2OS. The average Bonchev–Trinajstić information content (AvgIpc) is 2.99. The molecule has 1 N–H and O–H groups in total. The van der Waals surface area contributed by atoms with Crippen LogP contribution >= 0.6 is 27.3 Å². The molecule has 0 aliphatic heterocycles. The smallest absolute Gasteiger partial charge is 0.139 e. The number of nitrogens with zero attached hydrogens (tertiary/aromatic N) is 1. The minimum absolute atomic E-state index is 0.00775. The quantitative estimate of drug-likeness (QED) is 0.793. The minimum Gasteiger partial charge on any atom is -0.466 e. The van der Waals surface area contributed by atoms with Crippen LogP contribution < -0.4 is 5.32 Å². The maximum atomic E-state index is 5.53. The lowest BCUT2D eigenvalue weighted by Gasteiger charge is -2.14. The molecule has 1 atom stereocenters. The van der Waals surface area contributed by atoms with Crippen molar-refractivity contribution < 1.29 is 4.42 Å². The summed E-state index contributed by atoms with van der Waals surface area (Å²) in [7, 11) is 1.91. The van der Waals surface area contributed by atoms with Crippen LogP contribution in [0, 0.1) is 0 Å². The van der Waals surface area contributed by atoms with Crippen LogP contribution in [0.4, 0.5) is 0 Å². The van der Waals surface area contributed by atoms with Crippen molar-refractivity contribution in [1.82, 2.24) is 10.3 Å². The first kappa shape index (κ1) is 11.9. The number of pyridine rings is 1. The van der Waals surface area contributed by atoms with Crippen LogP contribution in [0.5, 0.6) is 0 Å². The zero-order valence-electron chi connectivity index (χ0n) is 9.68. The molecule has 0 saturated heterocycles. The molecule has 0 bridgehead atoms. The average molecular weight is 323 g/mol. The summed E-state index contributed by atoms with van der Waals surface area (Å²) in [4.78, 5) is 4.46. The van der Waals surface area contributed by atoms with Crippen molar-refractivity contribution >= 4 is 37.5 Å². The number of hydrogen-bond donors (Lipinski definition) is 1. The van der Waals surface area contributed by atoms with E-state index in [1.807, 2.05) is 25.4 Å². The molecule has 0 aromatic carbocycles. The van der Waals surface area contributed by atoms with Crippen molar-refractivity contribution in [2.45, 2.75) is 6.04 Å². The van der Waals surface area contributed by atoms with Gasteiger partial charge in [0.05, 0.1) is 27.0 Å². The van der Waals surface area contributed by atoms with E-state index in [0.717, 1.165) is 21.3 Å². The molecule has 0 amide bonds. The van der Waals surface area contributed by atoms with Gasteiger partial charge in [-0.15, -0.1) is 11.3 Å². The van der Waals surface area contributed by atoms with E-state index in [-0.39, 0.29) is 6.04 Å². The molecule has 18 heavy (non-hydrogen) atoms. The molecule has 3 heterocycles. The fraction of sp³-hybridized carbons (Fsp3) is 0.154. The summed E-state index contributed by atoms with van der Waals surface area (Å²) in [6.07, 6.45) is 3.58. The molecule has 3 aromatic heterocycles. The van der Waals surface area contributed by atoms with Crippen molar-refractivity contribution in [2.75, 3.05) is 7.05 Å². The van der Waals surface area contributed by atoms with Gasteiger partial charge in [-0.05, 0) is 52.1 Å². The van der Waals surface area contributed by atoms with Crippen LogP contribution in [0.15, 0.2) is 44.9 Å². The van der Waals surface area contributed by atoms with Gasteiger partial charge >= 0.3 is 0 Å². The summed E-state index contributed by atoms with van der Waals surface area (Å²) in [5.74, 6) is 0.871. The number of thiophene rings is 1. The first-order valence-electron chi connectivity index (χ1n) is 5.53. The predicted octanol–water partition coefficient (Wildman–Crippen LogP) is 3.96. The molecular weight excluding hydrogens is 312 g/mol. The van der Waals surface area contributed by atoms with Gasteiger partial charge in [0, 0.05) is 6.20 Å². The van der Waals surface area contributed by atoms with Crippen molar-refractivity contribution in [2.24, 2.45) is 0 Å². The van der Waals surface area contributed by atoms with Crippen LogP contribution in [-0.4, -0.2) is 12.0 Å². The van der Waals surface area contributed by atoms with E-state index >= 15 is 0 Å². The lowest BCUT2D eigenvalue weighted by molar-refractivity contribution is 0.460. The summed E-state index contributed by atoms with van der Waals surface area (Å²) in [6, 6.07) is 6.09. The number of hydrogen-bond acceptors (Lipinski definition) is 4. The van der Waals surface area contributed by atoms with E-state index < -0.39 is 0 Å². The number of rotatable bonds is 3. The lowest BCUT2D eigenvalue weighted by atomic mass is 10.1. The number of nitrogens with one attached hydrogen (secondary N) is 1. The maximum absolute atomic E-state index is 5.53. The normalized spacial score (nSPS) is 13.0. The number of aromatic nitrogens is 1. The van der Waals surface area contributed by atoms with Crippen molar-refractivity contribution in [3.63, 3.8) is 0 Å². The first-order valence-corrected chi connectivity index (χ1v) is 7.20. The van der Waals surface area contributed by atoms with Gasteiger partial charge in [0.1, 0.15) is 5.76 Å². The molecule has 0 fully saturated rings. The largest absolute Gasteiger partial charge is 0.466 e. The monoisotopic (exact) mass is 322 g/mol. The van der Waals surface area contributed by atoms with E-state index in [9.17, 15) is 0 Å². The maximum Gasteiger partial charge on any atom is 0.139 e. The Morgan fingerprint density at radius 1 is 1.44 bits per heavy atom. The Balaban J connectivity index is 2.08. The highest BCUT2D eigenvalue weighted by Gasteiger charge is 2.19. The van der Waals surface area contributed by atoms with Crippen molar-refractivity contribution in [3.05, 3.63) is 51.8 Å². The van der Waals surface area contributed by atoms with Crippen LogP contribution in [0.3, 0.4) is 0 Å². The second-order valence-corrected chi connectivity index (χ2v) is 5.73. The number of halogens is 1. The standard InChI is InChI=1S/C13H11BrN2OS/c1-15-12(13-9(14)2-4-17-13)8-6-11-10(16-7-8)3-5-18-11/h2-7,12,15H,1H3. The Morgan fingerprint density at radius 2 is 2.33 bits per heavy atom. The Morgan fingerprint density at radius 3 is 3.06 bits per heavy atom. The van der Waals surface area contributed by atoms with Gasteiger partial charge in [-0.3, -0.25) is 4.98 Å². The first-order chi connectivity index (χ1) is 8.79. The third-order valence-corrected chi connectivity index (χ3v) is 4.36. The molecule has 92 valence electrons. The van der Waals surface area contributed by atoms with Gasteiger partial charge in [0.2, 0.25) is 0 Å². The van der Waals surface area contributed by atoms with Gasteiger partial charge < -0.3 is 9.73 Å². The highest BCUT2D eigenvalue weighted by atomic mass is 79.9. The van der Waals surface area contributed by atoms with Crippen LogP contribution in [0.1, 0.15) is 17.4 Å². The topological polar surface area (TPSA) is 38.1 Å². The summed E-state index contributed by atoms with van der Waals surface area (Å²) in [5, 5.41) is 5.31. The molecule has 3 aromatic rings. The number of furan rings is 1. The van der Waals surface area contributed by atoms with Gasteiger partial charge in [-0.1, -0.05) is 0 Å². The van der Waals surface area contributed by atoms with Crippen molar-refractivity contribution in [3.8, 4) is 0 Å². The van der Waals surface area contributed by atoms with E-state index in [2.05, 4.69) is 37.7 Å². The summed E-state index contributed by atoms with van der Waals surface area (Å²) < 4.78 is 7.69. The third-order valence-electron chi connectivity index (χ3n) is 2.85. The SMILES string of the molecule is CNC(c1cnc2ccsc2c1)c1occc1Br. The summed E-state index contributed by atoms with van der Waals surface area (Å²) in [6.45, 7) is 0. The minimum atomic E-state index is 0.00775. The van der Waals surface area contributed by atoms with Gasteiger partial charge in [0.15, 0.2) is 0 Å². The zero-order chi connectivity index (χ0) is 12.5.